The number of nitrogens with zero attached hydrogens (tertiary/aromatic N) is 1. The molecule has 0 saturated carbocycles. The van der Waals surface area contributed by atoms with Crippen molar-refractivity contribution in [2.24, 2.45) is 5.10 Å². The number of fused-ring (bicyclic) bond motifs is 1. The Labute approximate surface area is 186 Å². The van der Waals surface area contributed by atoms with Crippen LogP contribution >= 0.6 is 22.9 Å². The highest BCUT2D eigenvalue weighted by Crippen LogP contribution is 2.35. The molecule has 4 aromatic rings. The lowest BCUT2D eigenvalue weighted by Crippen LogP contribution is -2.17. The van der Waals surface area contributed by atoms with Gasteiger partial charge in [0.1, 0.15) is 16.4 Å². The number of amides is 1. The van der Waals surface area contributed by atoms with Crippen LogP contribution in [0.1, 0.15) is 25.6 Å². The highest BCUT2D eigenvalue weighted by Gasteiger charge is 2.19. The summed E-state index contributed by atoms with van der Waals surface area (Å²) in [5, 5.41) is 14.4. The Hall–Kier alpha value is -3.68. The van der Waals surface area contributed by atoms with Gasteiger partial charge < -0.3 is 9.84 Å². The topological polar surface area (TPSA) is 88.0 Å². The molecule has 8 heteroatoms. The Bertz CT molecular complexity index is 1300. The van der Waals surface area contributed by atoms with Crippen molar-refractivity contribution in [3.05, 3.63) is 93.8 Å². The SMILES string of the molecule is O=C(N/N=C\c1cccc(OC(=O)c2sc3ccccc3c2Cl)c1)c1ccc(O)cc1. The number of phenols is 1. The van der Waals surface area contributed by atoms with Crippen molar-refractivity contribution in [1.82, 2.24) is 5.43 Å². The second kappa shape index (κ2) is 8.99. The third-order valence-electron chi connectivity index (χ3n) is 4.30. The average Bonchev–Trinajstić information content (AvgIpc) is 3.11. The first-order valence-electron chi connectivity index (χ1n) is 9.13. The van der Waals surface area contributed by atoms with Gasteiger partial charge in [-0.1, -0.05) is 41.9 Å². The number of halogens is 1. The summed E-state index contributed by atoms with van der Waals surface area (Å²) in [5.74, 6) is -0.560. The van der Waals surface area contributed by atoms with Crippen LogP contribution < -0.4 is 10.2 Å². The molecule has 2 N–H and O–H groups in total. The van der Waals surface area contributed by atoms with Gasteiger partial charge in [0.15, 0.2) is 0 Å². The zero-order chi connectivity index (χ0) is 21.8. The van der Waals surface area contributed by atoms with Crippen molar-refractivity contribution in [2.75, 3.05) is 0 Å². The van der Waals surface area contributed by atoms with Gasteiger partial charge in [0.25, 0.3) is 5.91 Å². The minimum atomic E-state index is -0.541. The molecule has 0 spiro atoms. The van der Waals surface area contributed by atoms with Crippen molar-refractivity contribution in [2.45, 2.75) is 0 Å². The van der Waals surface area contributed by atoms with E-state index in [2.05, 4.69) is 10.5 Å². The van der Waals surface area contributed by atoms with Gasteiger partial charge in [0, 0.05) is 15.6 Å². The summed E-state index contributed by atoms with van der Waals surface area (Å²) < 4.78 is 6.38. The highest BCUT2D eigenvalue weighted by molar-refractivity contribution is 7.21. The number of thiophene rings is 1. The van der Waals surface area contributed by atoms with E-state index in [-0.39, 0.29) is 5.75 Å². The molecular weight excluding hydrogens is 436 g/mol. The van der Waals surface area contributed by atoms with Crippen LogP contribution in [0.25, 0.3) is 10.1 Å². The standard InChI is InChI=1S/C23H15ClN2O4S/c24-20-18-6-1-2-7-19(18)31-21(20)23(29)30-17-5-3-4-14(12-17)13-25-26-22(28)15-8-10-16(27)11-9-15/h1-13,27H,(H,26,28)/b25-13-. The number of carbonyl (C=O) groups is 2. The summed E-state index contributed by atoms with van der Waals surface area (Å²) in [7, 11) is 0. The summed E-state index contributed by atoms with van der Waals surface area (Å²) in [6.07, 6.45) is 1.43. The van der Waals surface area contributed by atoms with Gasteiger partial charge in [-0.3, -0.25) is 4.79 Å². The molecule has 4 rings (SSSR count). The molecule has 1 heterocycles. The summed E-state index contributed by atoms with van der Waals surface area (Å²) in [5.41, 5.74) is 3.38. The molecule has 0 bridgehead atoms. The molecule has 31 heavy (non-hydrogen) atoms. The number of hydrogen-bond donors (Lipinski definition) is 2. The van der Waals surface area contributed by atoms with Gasteiger partial charge in [0.2, 0.25) is 0 Å². The Morgan fingerprint density at radius 1 is 1.03 bits per heavy atom. The quantitative estimate of drug-likeness (QED) is 0.188. The number of aromatic hydroxyl groups is 1. The molecule has 0 saturated heterocycles. The minimum Gasteiger partial charge on any atom is -0.508 e. The number of benzene rings is 3. The molecule has 3 aromatic carbocycles. The van der Waals surface area contributed by atoms with Crippen LogP contribution in [0.15, 0.2) is 77.9 Å². The molecule has 0 fully saturated rings. The third-order valence-corrected chi connectivity index (χ3v) is 5.95. The monoisotopic (exact) mass is 450 g/mol. The van der Waals surface area contributed by atoms with Crippen molar-refractivity contribution >= 4 is 51.1 Å². The second-order valence-electron chi connectivity index (χ2n) is 6.45. The van der Waals surface area contributed by atoms with Crippen molar-refractivity contribution in [1.29, 1.82) is 0 Å². The van der Waals surface area contributed by atoms with E-state index in [1.807, 2.05) is 24.3 Å². The number of phenolic OH excluding ortho intramolecular Hbond substituents is 1. The van der Waals surface area contributed by atoms with Crippen molar-refractivity contribution < 1.29 is 19.4 Å². The van der Waals surface area contributed by atoms with Crippen LogP contribution in [0.5, 0.6) is 11.5 Å². The number of rotatable bonds is 5. The minimum absolute atomic E-state index is 0.0725. The van der Waals surface area contributed by atoms with Crippen LogP contribution in [0.3, 0.4) is 0 Å². The van der Waals surface area contributed by atoms with Crippen LogP contribution in [0.2, 0.25) is 5.02 Å². The normalized spacial score (nSPS) is 11.0. The maximum absolute atomic E-state index is 12.6. The summed E-state index contributed by atoms with van der Waals surface area (Å²) in [4.78, 5) is 25.0. The van der Waals surface area contributed by atoms with E-state index in [1.54, 1.807) is 24.3 Å². The van der Waals surface area contributed by atoms with Gasteiger partial charge in [-0.15, -0.1) is 11.3 Å². The molecule has 0 aliphatic rings. The second-order valence-corrected chi connectivity index (χ2v) is 7.88. The smallest absolute Gasteiger partial charge is 0.355 e. The summed E-state index contributed by atoms with van der Waals surface area (Å²) in [6, 6.07) is 20.0. The summed E-state index contributed by atoms with van der Waals surface area (Å²) in [6.45, 7) is 0. The first-order chi connectivity index (χ1) is 15.0. The maximum atomic E-state index is 12.6. The zero-order valence-electron chi connectivity index (χ0n) is 15.9. The Morgan fingerprint density at radius 3 is 2.58 bits per heavy atom. The lowest BCUT2D eigenvalue weighted by Gasteiger charge is -2.04. The van der Waals surface area contributed by atoms with E-state index in [9.17, 15) is 14.7 Å². The number of hydrazone groups is 1. The van der Waals surface area contributed by atoms with Gasteiger partial charge >= 0.3 is 5.97 Å². The number of hydrogen-bond acceptors (Lipinski definition) is 6. The first kappa shape index (κ1) is 20.6. The lowest BCUT2D eigenvalue weighted by atomic mass is 10.2. The summed E-state index contributed by atoms with van der Waals surface area (Å²) >= 11 is 7.62. The van der Waals surface area contributed by atoms with E-state index in [0.29, 0.717) is 26.8 Å². The fraction of sp³-hybridized carbons (Fsp3) is 0. The van der Waals surface area contributed by atoms with Crippen molar-refractivity contribution in [3.63, 3.8) is 0 Å². The third kappa shape index (κ3) is 4.74. The maximum Gasteiger partial charge on any atom is 0.355 e. The number of ether oxygens (including phenoxy) is 1. The molecule has 1 amide bonds. The van der Waals surface area contributed by atoms with Gasteiger partial charge in [-0.05, 0) is 48.0 Å². The van der Waals surface area contributed by atoms with E-state index in [1.165, 1.54) is 41.8 Å². The van der Waals surface area contributed by atoms with E-state index < -0.39 is 11.9 Å². The molecule has 0 radical (unpaired) electrons. The largest absolute Gasteiger partial charge is 0.508 e. The van der Waals surface area contributed by atoms with Crippen LogP contribution in [0, 0.1) is 0 Å². The Balaban J connectivity index is 1.43. The highest BCUT2D eigenvalue weighted by atomic mass is 35.5. The Morgan fingerprint density at radius 2 is 1.81 bits per heavy atom. The molecule has 1 aromatic heterocycles. The molecule has 0 atom stereocenters. The predicted molar refractivity (Wildman–Crippen MR) is 121 cm³/mol. The number of nitrogens with one attached hydrogen (secondary N) is 1. The fourth-order valence-corrected chi connectivity index (χ4v) is 4.18. The van der Waals surface area contributed by atoms with Crippen LogP contribution in [0.4, 0.5) is 0 Å². The van der Waals surface area contributed by atoms with Crippen molar-refractivity contribution in [3.8, 4) is 11.5 Å². The molecule has 6 nitrogen and oxygen atoms in total. The lowest BCUT2D eigenvalue weighted by molar-refractivity contribution is 0.0740. The number of esters is 1. The molecule has 154 valence electrons. The van der Waals surface area contributed by atoms with Crippen LogP contribution in [-0.4, -0.2) is 23.2 Å². The van der Waals surface area contributed by atoms with Gasteiger partial charge in [-0.2, -0.15) is 5.10 Å². The molecule has 0 aliphatic heterocycles. The van der Waals surface area contributed by atoms with E-state index >= 15 is 0 Å². The molecular formula is C23H15ClN2O4S. The molecule has 0 unspecified atom stereocenters. The first-order valence-corrected chi connectivity index (χ1v) is 10.3. The fourth-order valence-electron chi connectivity index (χ4n) is 2.80. The van der Waals surface area contributed by atoms with Crippen LogP contribution in [-0.2, 0) is 0 Å². The molecule has 0 aliphatic carbocycles. The van der Waals surface area contributed by atoms with Gasteiger partial charge in [-0.25, -0.2) is 10.2 Å². The average molecular weight is 451 g/mol. The van der Waals surface area contributed by atoms with E-state index in [0.717, 1.165) is 10.1 Å². The number of carbonyl (C=O) groups excluding carboxylic acids is 2. The van der Waals surface area contributed by atoms with Gasteiger partial charge in [0.05, 0.1) is 11.2 Å². The Kier molecular flexibility index (Phi) is 5.97. The zero-order valence-corrected chi connectivity index (χ0v) is 17.5. The predicted octanol–water partition coefficient (Wildman–Crippen LogP) is 5.24. The van der Waals surface area contributed by atoms with E-state index in [4.69, 9.17) is 16.3 Å².